The molecule has 1 aromatic rings. The van der Waals surface area contributed by atoms with Gasteiger partial charge in [-0.25, -0.2) is 9.78 Å². The van der Waals surface area contributed by atoms with Crippen molar-refractivity contribution in [3.8, 4) is 0 Å². The van der Waals surface area contributed by atoms with Crippen LogP contribution in [-0.2, 0) is 4.74 Å². The van der Waals surface area contributed by atoms with Gasteiger partial charge in [0.1, 0.15) is 6.33 Å². The van der Waals surface area contributed by atoms with Gasteiger partial charge < -0.3 is 9.64 Å². The highest BCUT2D eigenvalue weighted by Gasteiger charge is 2.41. The number of carbonyl (C=O) groups is 1. The van der Waals surface area contributed by atoms with Crippen molar-refractivity contribution in [2.24, 2.45) is 0 Å². The highest BCUT2D eigenvalue weighted by Crippen LogP contribution is 2.28. The smallest absolute Gasteiger partial charge is 0.329 e. The molecule has 2 bridgehead atoms. The minimum Gasteiger partial charge on any atom is -0.374 e. The molecule has 0 unspecified atom stereocenters. The lowest BCUT2D eigenvalue weighted by molar-refractivity contribution is 0.0449. The maximum absolute atomic E-state index is 11.9. The maximum atomic E-state index is 11.9. The number of nitrogens with zero attached hydrogens (tertiary/aromatic N) is 3. The molecular weight excluding hydrogens is 182 g/mol. The van der Waals surface area contributed by atoms with Gasteiger partial charge in [0.15, 0.2) is 0 Å². The number of carbonyl (C=O) groups excluding carboxylic acids is 1. The van der Waals surface area contributed by atoms with Gasteiger partial charge in [0.25, 0.3) is 0 Å². The minimum atomic E-state index is 0.0123. The van der Waals surface area contributed by atoms with Crippen LogP contribution in [0.1, 0.15) is 6.42 Å². The number of morpholine rings is 1. The molecule has 14 heavy (non-hydrogen) atoms. The van der Waals surface area contributed by atoms with E-state index in [0.717, 1.165) is 13.0 Å². The van der Waals surface area contributed by atoms with Crippen molar-refractivity contribution in [2.45, 2.75) is 18.6 Å². The van der Waals surface area contributed by atoms with Crippen LogP contribution in [0.3, 0.4) is 0 Å². The molecule has 3 heterocycles. The van der Waals surface area contributed by atoms with E-state index in [2.05, 4.69) is 4.98 Å². The first-order chi connectivity index (χ1) is 6.84. The first-order valence-electron chi connectivity index (χ1n) is 4.75. The summed E-state index contributed by atoms with van der Waals surface area (Å²) in [4.78, 5) is 17.6. The number of imidazole rings is 1. The van der Waals surface area contributed by atoms with Crippen molar-refractivity contribution in [1.82, 2.24) is 14.5 Å². The zero-order valence-corrected chi connectivity index (χ0v) is 7.67. The van der Waals surface area contributed by atoms with Gasteiger partial charge >= 0.3 is 6.03 Å². The molecular formula is C9H11N3O2. The third-order valence-electron chi connectivity index (χ3n) is 2.87. The summed E-state index contributed by atoms with van der Waals surface area (Å²) < 4.78 is 6.95. The van der Waals surface area contributed by atoms with Crippen molar-refractivity contribution >= 4 is 6.03 Å². The lowest BCUT2D eigenvalue weighted by Gasteiger charge is -2.26. The second-order valence-electron chi connectivity index (χ2n) is 3.75. The molecule has 2 atom stereocenters. The van der Waals surface area contributed by atoms with Gasteiger partial charge in [-0.05, 0) is 6.42 Å². The molecule has 1 aromatic heterocycles. The molecule has 74 valence electrons. The molecule has 0 radical (unpaired) electrons. The standard InChI is InChI=1S/C9H11N3O2/c13-9(11-2-1-10-6-11)12-4-8-3-7(12)5-14-8/h1-2,6-8H,3-5H2/t7-,8-/m0/s1. The lowest BCUT2D eigenvalue weighted by atomic mass is 10.2. The highest BCUT2D eigenvalue weighted by atomic mass is 16.5. The van der Waals surface area contributed by atoms with Crippen molar-refractivity contribution in [1.29, 1.82) is 0 Å². The van der Waals surface area contributed by atoms with Gasteiger partial charge in [0.2, 0.25) is 0 Å². The molecule has 0 aromatic carbocycles. The average Bonchev–Trinajstić information content (AvgIpc) is 2.93. The molecule has 0 N–H and O–H groups in total. The summed E-state index contributed by atoms with van der Waals surface area (Å²) in [6, 6.07) is 0.285. The van der Waals surface area contributed by atoms with Gasteiger partial charge in [0.05, 0.1) is 18.8 Å². The van der Waals surface area contributed by atoms with Crippen molar-refractivity contribution in [2.75, 3.05) is 13.2 Å². The predicted molar refractivity (Wildman–Crippen MR) is 47.9 cm³/mol. The summed E-state index contributed by atoms with van der Waals surface area (Å²) in [6.45, 7) is 1.41. The molecule has 5 nitrogen and oxygen atoms in total. The Labute approximate surface area is 81.3 Å². The molecule has 1 amide bonds. The zero-order chi connectivity index (χ0) is 9.54. The van der Waals surface area contributed by atoms with Crippen LogP contribution in [0.5, 0.6) is 0 Å². The predicted octanol–water partition coefficient (Wildman–Crippen LogP) is 0.324. The molecule has 0 spiro atoms. The Bertz CT molecular complexity index is 349. The largest absolute Gasteiger partial charge is 0.374 e. The SMILES string of the molecule is O=C(N1C[C@@H]2C[C@H]1CO2)n1ccnc1. The Balaban J connectivity index is 1.81. The van der Waals surface area contributed by atoms with Gasteiger partial charge in [-0.2, -0.15) is 0 Å². The van der Waals surface area contributed by atoms with Crippen LogP contribution < -0.4 is 0 Å². The zero-order valence-electron chi connectivity index (χ0n) is 7.67. The van der Waals surface area contributed by atoms with Crippen LogP contribution in [0.4, 0.5) is 4.79 Å². The Morgan fingerprint density at radius 3 is 3.07 bits per heavy atom. The summed E-state index contributed by atoms with van der Waals surface area (Å²) in [5.41, 5.74) is 0. The number of aromatic nitrogens is 2. The third-order valence-corrected chi connectivity index (χ3v) is 2.87. The van der Waals surface area contributed by atoms with Gasteiger partial charge in [0, 0.05) is 18.9 Å². The van der Waals surface area contributed by atoms with Crippen molar-refractivity contribution in [3.05, 3.63) is 18.7 Å². The number of amides is 1. The topological polar surface area (TPSA) is 47.4 Å². The van der Waals surface area contributed by atoms with E-state index in [9.17, 15) is 4.79 Å². The van der Waals surface area contributed by atoms with Gasteiger partial charge in [-0.15, -0.1) is 0 Å². The molecule has 2 fully saturated rings. The normalized spacial score (nSPS) is 29.9. The quantitative estimate of drug-likeness (QED) is 0.596. The van der Waals surface area contributed by atoms with Crippen molar-refractivity contribution < 1.29 is 9.53 Å². The number of ether oxygens (including phenoxy) is 1. The molecule has 3 rings (SSSR count). The monoisotopic (exact) mass is 193 g/mol. The van der Waals surface area contributed by atoms with Crippen molar-refractivity contribution in [3.63, 3.8) is 0 Å². The maximum Gasteiger partial charge on any atom is 0.329 e. The van der Waals surface area contributed by atoms with Crippen LogP contribution in [0, 0.1) is 0 Å². The van der Waals surface area contributed by atoms with Gasteiger partial charge in [-0.1, -0.05) is 0 Å². The minimum absolute atomic E-state index is 0.0123. The van der Waals surface area contributed by atoms with Crippen LogP contribution in [0.2, 0.25) is 0 Å². The fourth-order valence-corrected chi connectivity index (χ4v) is 2.15. The van der Waals surface area contributed by atoms with E-state index < -0.39 is 0 Å². The number of hydrogen-bond donors (Lipinski definition) is 0. The third kappa shape index (κ3) is 1.05. The van der Waals surface area contributed by atoms with E-state index in [4.69, 9.17) is 4.74 Å². The molecule has 0 aliphatic carbocycles. The van der Waals surface area contributed by atoms with Crippen LogP contribution >= 0.6 is 0 Å². The summed E-state index contributed by atoms with van der Waals surface area (Å²) in [5, 5.41) is 0. The van der Waals surface area contributed by atoms with E-state index >= 15 is 0 Å². The summed E-state index contributed by atoms with van der Waals surface area (Å²) in [7, 11) is 0. The van der Waals surface area contributed by atoms with Crippen LogP contribution in [0.25, 0.3) is 0 Å². The van der Waals surface area contributed by atoms with E-state index in [1.807, 2.05) is 4.90 Å². The second-order valence-corrected chi connectivity index (χ2v) is 3.75. The molecule has 2 aliphatic heterocycles. The van der Waals surface area contributed by atoms with E-state index in [-0.39, 0.29) is 18.2 Å². The average molecular weight is 193 g/mol. The first kappa shape index (κ1) is 7.99. The Hall–Kier alpha value is -1.36. The first-order valence-corrected chi connectivity index (χ1v) is 4.75. The molecule has 2 saturated heterocycles. The van der Waals surface area contributed by atoms with Crippen LogP contribution in [-0.4, -0.2) is 45.8 Å². The number of fused-ring (bicyclic) bond motifs is 2. The van der Waals surface area contributed by atoms with E-state index in [1.54, 1.807) is 12.4 Å². The number of hydrogen-bond acceptors (Lipinski definition) is 3. The van der Waals surface area contributed by atoms with Gasteiger partial charge in [-0.3, -0.25) is 4.57 Å². The summed E-state index contributed by atoms with van der Waals surface area (Å²) >= 11 is 0. The molecule has 0 saturated carbocycles. The number of rotatable bonds is 0. The highest BCUT2D eigenvalue weighted by molar-refractivity contribution is 5.77. The van der Waals surface area contributed by atoms with Crippen LogP contribution in [0.15, 0.2) is 18.7 Å². The van der Waals surface area contributed by atoms with E-state index in [1.165, 1.54) is 10.9 Å². The number of likely N-dealkylation sites (tertiary alicyclic amines) is 1. The van der Waals surface area contributed by atoms with E-state index in [0.29, 0.717) is 6.61 Å². The fourth-order valence-electron chi connectivity index (χ4n) is 2.15. The molecule has 2 aliphatic rings. The Kier molecular flexibility index (Phi) is 1.61. The fraction of sp³-hybridized carbons (Fsp3) is 0.556. The Morgan fingerprint density at radius 2 is 2.50 bits per heavy atom. The lowest BCUT2D eigenvalue weighted by Crippen LogP contribution is -2.43. The second kappa shape index (κ2) is 2.81. The molecule has 5 heteroatoms. The Morgan fingerprint density at radius 1 is 1.57 bits per heavy atom. The summed E-state index contributed by atoms with van der Waals surface area (Å²) in [6.07, 6.45) is 6.07. The summed E-state index contributed by atoms with van der Waals surface area (Å²) in [5.74, 6) is 0.